The highest BCUT2D eigenvalue weighted by molar-refractivity contribution is 5.98. The third-order valence-corrected chi connectivity index (χ3v) is 5.23. The van der Waals surface area contributed by atoms with Crippen LogP contribution >= 0.6 is 0 Å². The van der Waals surface area contributed by atoms with Gasteiger partial charge in [-0.15, -0.1) is 0 Å². The van der Waals surface area contributed by atoms with Gasteiger partial charge in [-0.1, -0.05) is 6.07 Å². The number of fused-ring (bicyclic) bond motifs is 2. The van der Waals surface area contributed by atoms with Crippen molar-refractivity contribution in [2.24, 2.45) is 0 Å². The zero-order valence-electron chi connectivity index (χ0n) is 16.6. The summed E-state index contributed by atoms with van der Waals surface area (Å²) in [4.78, 5) is 27.5. The molecule has 0 fully saturated rings. The number of hydrogen-bond donors (Lipinski definition) is 3. The fraction of sp³-hybridized carbons (Fsp3) is 0.136. The summed E-state index contributed by atoms with van der Waals surface area (Å²) >= 11 is 0. The first-order valence-corrected chi connectivity index (χ1v) is 9.73. The summed E-state index contributed by atoms with van der Waals surface area (Å²) < 4.78 is 0. The molecule has 0 saturated carbocycles. The van der Waals surface area contributed by atoms with Crippen molar-refractivity contribution in [2.75, 3.05) is 6.54 Å². The molecule has 5 aromatic rings. The van der Waals surface area contributed by atoms with Crippen LogP contribution in [0.4, 0.5) is 0 Å². The van der Waals surface area contributed by atoms with Crippen LogP contribution in [0.25, 0.3) is 44.6 Å². The summed E-state index contributed by atoms with van der Waals surface area (Å²) in [5.74, 6) is 0.592. The molecule has 4 aromatic heterocycles. The van der Waals surface area contributed by atoms with Gasteiger partial charge in [0.1, 0.15) is 11.3 Å². The van der Waals surface area contributed by atoms with E-state index in [1.54, 1.807) is 18.6 Å². The van der Waals surface area contributed by atoms with Crippen LogP contribution in [-0.2, 0) is 0 Å². The second-order valence-electron chi connectivity index (χ2n) is 7.08. The Morgan fingerprint density at radius 1 is 1.20 bits per heavy atom. The number of imidazole rings is 1. The zero-order chi connectivity index (χ0) is 20.7. The van der Waals surface area contributed by atoms with Gasteiger partial charge in [-0.2, -0.15) is 5.10 Å². The number of pyridine rings is 2. The van der Waals surface area contributed by atoms with Gasteiger partial charge < -0.3 is 10.3 Å². The fourth-order valence-electron chi connectivity index (χ4n) is 3.69. The normalized spacial score (nSPS) is 11.3. The average Bonchev–Trinajstić information content (AvgIpc) is 3.37. The lowest BCUT2D eigenvalue weighted by Crippen LogP contribution is -2.25. The van der Waals surface area contributed by atoms with Gasteiger partial charge in [-0.3, -0.25) is 14.9 Å². The Bertz CT molecular complexity index is 1370. The number of rotatable bonds is 4. The van der Waals surface area contributed by atoms with Crippen molar-refractivity contribution in [3.8, 4) is 22.6 Å². The topological polar surface area (TPSA) is 113 Å². The summed E-state index contributed by atoms with van der Waals surface area (Å²) in [5.41, 5.74) is 6.85. The molecular formula is C22H20N7O+. The van der Waals surface area contributed by atoms with E-state index in [0.29, 0.717) is 17.9 Å². The molecule has 1 amide bonds. The molecule has 148 valence electrons. The maximum atomic E-state index is 12.4. The first-order valence-electron chi connectivity index (χ1n) is 9.73. The minimum absolute atomic E-state index is 0.0888. The second kappa shape index (κ2) is 7.07. The van der Waals surface area contributed by atoms with Crippen molar-refractivity contribution < 1.29 is 9.78 Å². The molecule has 4 heterocycles. The van der Waals surface area contributed by atoms with E-state index in [4.69, 9.17) is 0 Å². The number of nitrogens with zero attached hydrogens (tertiary/aromatic N) is 3. The molecule has 4 N–H and O–H groups in total. The molecule has 5 rings (SSSR count). The van der Waals surface area contributed by atoms with Crippen molar-refractivity contribution >= 4 is 27.8 Å². The molecule has 0 radical (unpaired) electrons. The van der Waals surface area contributed by atoms with Crippen LogP contribution in [0, 0.1) is 6.92 Å². The van der Waals surface area contributed by atoms with Gasteiger partial charge in [-0.05, 0) is 43.2 Å². The second-order valence-corrected chi connectivity index (χ2v) is 7.08. The molecule has 0 bridgehead atoms. The predicted octanol–water partition coefficient (Wildman–Crippen LogP) is 3.04. The Hall–Kier alpha value is -4.07. The van der Waals surface area contributed by atoms with Gasteiger partial charge in [0.05, 0.1) is 22.7 Å². The molecule has 8 nitrogen and oxygen atoms in total. The maximum absolute atomic E-state index is 12.4. The number of aromatic amines is 3. The summed E-state index contributed by atoms with van der Waals surface area (Å²) in [6.07, 6.45) is 7.10. The Labute approximate surface area is 171 Å². The van der Waals surface area contributed by atoms with E-state index >= 15 is 0 Å². The van der Waals surface area contributed by atoms with Crippen LogP contribution in [0.1, 0.15) is 22.8 Å². The van der Waals surface area contributed by atoms with E-state index in [1.807, 2.05) is 38.2 Å². The average molecular weight is 398 g/mol. The van der Waals surface area contributed by atoms with E-state index in [-0.39, 0.29) is 5.91 Å². The summed E-state index contributed by atoms with van der Waals surface area (Å²) in [7, 11) is 0. The molecular weight excluding hydrogens is 378 g/mol. The molecule has 0 saturated heterocycles. The highest BCUT2D eigenvalue weighted by atomic mass is 16.1. The SMILES string of the molecule is CCNC(=O)c1c[nH+]cc(-c2ccc3[nH]nc(-c4nc5ccncc5[nH]4)c3c2)c1C. The molecule has 8 heteroatoms. The number of nitrogens with one attached hydrogen (secondary N) is 4. The van der Waals surface area contributed by atoms with Crippen LogP contribution < -0.4 is 10.3 Å². The molecule has 0 aliphatic carbocycles. The van der Waals surface area contributed by atoms with Crippen molar-refractivity contribution in [2.45, 2.75) is 13.8 Å². The van der Waals surface area contributed by atoms with E-state index in [9.17, 15) is 4.79 Å². The van der Waals surface area contributed by atoms with Gasteiger partial charge in [0.25, 0.3) is 5.91 Å². The molecule has 1 aromatic carbocycles. The van der Waals surface area contributed by atoms with Gasteiger partial charge in [-0.25, -0.2) is 9.97 Å². The van der Waals surface area contributed by atoms with Crippen molar-refractivity contribution in [3.05, 3.63) is 60.2 Å². The molecule has 0 atom stereocenters. The number of H-pyrrole nitrogens is 3. The lowest BCUT2D eigenvalue weighted by Gasteiger charge is -2.08. The molecule has 0 unspecified atom stereocenters. The van der Waals surface area contributed by atoms with Gasteiger partial charge in [0.2, 0.25) is 0 Å². The van der Waals surface area contributed by atoms with Crippen LogP contribution in [0.3, 0.4) is 0 Å². The quantitative estimate of drug-likeness (QED) is 0.432. The van der Waals surface area contributed by atoms with Crippen molar-refractivity contribution in [3.63, 3.8) is 0 Å². The van der Waals surface area contributed by atoms with Crippen LogP contribution in [0.5, 0.6) is 0 Å². The Kier molecular flexibility index (Phi) is 4.24. The van der Waals surface area contributed by atoms with E-state index < -0.39 is 0 Å². The van der Waals surface area contributed by atoms with E-state index in [2.05, 4.69) is 41.5 Å². The Morgan fingerprint density at radius 2 is 2.10 bits per heavy atom. The maximum Gasteiger partial charge on any atom is 0.257 e. The molecule has 0 spiro atoms. The summed E-state index contributed by atoms with van der Waals surface area (Å²) in [6, 6.07) is 7.94. The minimum atomic E-state index is -0.0888. The molecule has 30 heavy (non-hydrogen) atoms. The zero-order valence-corrected chi connectivity index (χ0v) is 16.6. The van der Waals surface area contributed by atoms with Gasteiger partial charge in [0, 0.05) is 23.7 Å². The van der Waals surface area contributed by atoms with Crippen molar-refractivity contribution in [1.29, 1.82) is 0 Å². The number of carbonyl (C=O) groups excluding carboxylic acids is 1. The number of benzene rings is 1. The van der Waals surface area contributed by atoms with Gasteiger partial charge in [0.15, 0.2) is 18.2 Å². The highest BCUT2D eigenvalue weighted by Gasteiger charge is 2.18. The number of aromatic nitrogens is 6. The number of hydrogen-bond acceptors (Lipinski definition) is 4. The first kappa shape index (κ1) is 18.0. The summed E-state index contributed by atoms with van der Waals surface area (Å²) in [5, 5.41) is 11.4. The highest BCUT2D eigenvalue weighted by Crippen LogP contribution is 2.31. The Morgan fingerprint density at radius 3 is 2.93 bits per heavy atom. The largest absolute Gasteiger partial charge is 0.352 e. The predicted molar refractivity (Wildman–Crippen MR) is 114 cm³/mol. The third-order valence-electron chi connectivity index (χ3n) is 5.23. The monoisotopic (exact) mass is 398 g/mol. The molecule has 0 aliphatic heterocycles. The fourth-order valence-corrected chi connectivity index (χ4v) is 3.69. The third kappa shape index (κ3) is 2.89. The first-order chi connectivity index (χ1) is 14.7. The Balaban J connectivity index is 1.63. The van der Waals surface area contributed by atoms with E-state index in [1.165, 1.54) is 0 Å². The number of carbonyl (C=O) groups is 1. The minimum Gasteiger partial charge on any atom is -0.352 e. The number of amides is 1. The van der Waals surface area contributed by atoms with Crippen molar-refractivity contribution in [1.82, 2.24) is 30.5 Å². The van der Waals surface area contributed by atoms with E-state index in [0.717, 1.165) is 44.3 Å². The summed E-state index contributed by atoms with van der Waals surface area (Å²) in [6.45, 7) is 4.45. The van der Waals surface area contributed by atoms with Crippen LogP contribution in [0.15, 0.2) is 49.1 Å². The lowest BCUT2D eigenvalue weighted by atomic mass is 9.97. The smallest absolute Gasteiger partial charge is 0.257 e. The standard InChI is InChI=1S/C22H19N7O/c1-3-25-22(30)16-10-24-9-15(12(16)2)13-4-5-17-14(8-13)20(29-28-17)21-26-18-6-7-23-11-19(18)27-21/h4-11H,3H2,1-2H3,(H,25,30)(H,26,27)(H,28,29)/p+1. The van der Waals surface area contributed by atoms with Crippen LogP contribution in [0.2, 0.25) is 0 Å². The lowest BCUT2D eigenvalue weighted by molar-refractivity contribution is -0.377. The van der Waals surface area contributed by atoms with Gasteiger partial charge >= 0.3 is 0 Å². The molecule has 0 aliphatic rings. The van der Waals surface area contributed by atoms with Crippen LogP contribution in [-0.4, -0.2) is 37.6 Å².